The molecule has 0 N–H and O–H groups in total. The number of carbonyl (C=O) groups excluding carboxylic acids is 1. The lowest BCUT2D eigenvalue weighted by molar-refractivity contribution is -0.116. The molecule has 3 aromatic rings. The van der Waals surface area contributed by atoms with Crippen LogP contribution in [-0.2, 0) is 17.8 Å². The molecule has 146 valence electrons. The van der Waals surface area contributed by atoms with Gasteiger partial charge in [0, 0.05) is 18.3 Å². The largest absolute Gasteiger partial charge is 0.461 e. The van der Waals surface area contributed by atoms with Crippen LogP contribution in [-0.4, -0.2) is 32.5 Å². The summed E-state index contributed by atoms with van der Waals surface area (Å²) in [6, 6.07) is 12.0. The average Bonchev–Trinajstić information content (AvgIpc) is 3.37. The lowest BCUT2D eigenvalue weighted by Gasteiger charge is -2.22. The molecule has 0 radical (unpaired) electrons. The smallest absolute Gasteiger partial charge is 0.237 e. The van der Waals surface area contributed by atoms with Gasteiger partial charge in [-0.15, -0.1) is 10.2 Å². The van der Waals surface area contributed by atoms with Crippen molar-refractivity contribution >= 4 is 23.4 Å². The van der Waals surface area contributed by atoms with E-state index in [1.807, 2.05) is 39.8 Å². The van der Waals surface area contributed by atoms with Gasteiger partial charge < -0.3 is 9.32 Å². The van der Waals surface area contributed by atoms with E-state index in [0.29, 0.717) is 23.3 Å². The summed E-state index contributed by atoms with van der Waals surface area (Å²) < 4.78 is 7.55. The van der Waals surface area contributed by atoms with Gasteiger partial charge in [-0.3, -0.25) is 9.36 Å². The Bertz CT molecular complexity index is 965. The first-order chi connectivity index (χ1) is 13.5. The van der Waals surface area contributed by atoms with Crippen molar-refractivity contribution in [3.05, 3.63) is 48.2 Å². The minimum Gasteiger partial charge on any atom is -0.461 e. The Morgan fingerprint density at radius 2 is 2.07 bits per heavy atom. The Morgan fingerprint density at radius 3 is 2.82 bits per heavy atom. The predicted molar refractivity (Wildman–Crippen MR) is 110 cm³/mol. The van der Waals surface area contributed by atoms with E-state index in [9.17, 15) is 4.79 Å². The number of aromatic nitrogens is 3. The van der Waals surface area contributed by atoms with Gasteiger partial charge in [0.1, 0.15) is 0 Å². The summed E-state index contributed by atoms with van der Waals surface area (Å²) in [4.78, 5) is 14.9. The quantitative estimate of drug-likeness (QED) is 0.583. The molecule has 7 heteroatoms. The fraction of sp³-hybridized carbons (Fsp3) is 0.381. The van der Waals surface area contributed by atoms with Crippen molar-refractivity contribution in [2.24, 2.45) is 5.92 Å². The second kappa shape index (κ2) is 7.83. The van der Waals surface area contributed by atoms with Gasteiger partial charge in [0.25, 0.3) is 0 Å². The SMILES string of the molecule is CC(C)Cn1c(SCC(=O)N2c3ccccc3CC2C)nnc1-c1ccco1. The first kappa shape index (κ1) is 18.8. The molecule has 6 nitrogen and oxygen atoms in total. The van der Waals surface area contributed by atoms with Gasteiger partial charge in [0.15, 0.2) is 16.7 Å². The minimum atomic E-state index is 0.0982. The highest BCUT2D eigenvalue weighted by atomic mass is 32.2. The molecule has 1 aliphatic heterocycles. The van der Waals surface area contributed by atoms with Crippen LogP contribution in [0.3, 0.4) is 0 Å². The molecule has 0 bridgehead atoms. The van der Waals surface area contributed by atoms with E-state index in [-0.39, 0.29) is 11.9 Å². The monoisotopic (exact) mass is 396 g/mol. The number of nitrogens with zero attached hydrogens (tertiary/aromatic N) is 4. The minimum absolute atomic E-state index is 0.0982. The summed E-state index contributed by atoms with van der Waals surface area (Å²) >= 11 is 1.44. The van der Waals surface area contributed by atoms with Gasteiger partial charge in [0.05, 0.1) is 12.0 Å². The molecule has 4 rings (SSSR count). The predicted octanol–water partition coefficient (Wildman–Crippen LogP) is 4.26. The van der Waals surface area contributed by atoms with Crippen LogP contribution in [0, 0.1) is 5.92 Å². The zero-order valence-corrected chi connectivity index (χ0v) is 17.1. The number of carbonyl (C=O) groups is 1. The normalized spacial score (nSPS) is 16.0. The number of hydrogen-bond donors (Lipinski definition) is 0. The molecule has 1 aromatic carbocycles. The first-order valence-corrected chi connectivity index (χ1v) is 10.5. The molecule has 0 aliphatic carbocycles. The number of rotatable bonds is 6. The summed E-state index contributed by atoms with van der Waals surface area (Å²) in [5.74, 6) is 2.24. The Kier molecular flexibility index (Phi) is 5.26. The Hall–Kier alpha value is -2.54. The highest BCUT2D eigenvalue weighted by molar-refractivity contribution is 7.99. The van der Waals surface area contributed by atoms with Gasteiger partial charge in [-0.2, -0.15) is 0 Å². The number of furan rings is 1. The van der Waals surface area contributed by atoms with Gasteiger partial charge in [-0.05, 0) is 43.0 Å². The summed E-state index contributed by atoms with van der Waals surface area (Å²) in [7, 11) is 0. The van der Waals surface area contributed by atoms with E-state index in [1.165, 1.54) is 17.3 Å². The van der Waals surface area contributed by atoms with E-state index in [4.69, 9.17) is 4.42 Å². The van der Waals surface area contributed by atoms with Gasteiger partial charge >= 0.3 is 0 Å². The second-order valence-corrected chi connectivity index (χ2v) is 8.46. The van der Waals surface area contributed by atoms with Crippen LogP contribution in [0.2, 0.25) is 0 Å². The topological polar surface area (TPSA) is 64.2 Å². The maximum Gasteiger partial charge on any atom is 0.237 e. The van der Waals surface area contributed by atoms with Crippen LogP contribution in [0.5, 0.6) is 0 Å². The number of para-hydroxylation sites is 1. The molecule has 0 spiro atoms. The van der Waals surface area contributed by atoms with E-state index in [1.54, 1.807) is 6.26 Å². The molecule has 3 heterocycles. The van der Waals surface area contributed by atoms with Crippen molar-refractivity contribution in [3.8, 4) is 11.6 Å². The Balaban J connectivity index is 1.53. The average molecular weight is 397 g/mol. The molecular weight excluding hydrogens is 372 g/mol. The number of benzene rings is 1. The molecule has 0 saturated carbocycles. The van der Waals surface area contributed by atoms with Crippen molar-refractivity contribution in [1.29, 1.82) is 0 Å². The maximum atomic E-state index is 13.0. The standard InChI is InChI=1S/C21H24N4O2S/c1-14(2)12-24-20(18-9-6-10-27-18)22-23-21(24)28-13-19(26)25-15(3)11-16-7-4-5-8-17(16)25/h4-10,14-15H,11-13H2,1-3H3. The fourth-order valence-electron chi connectivity index (χ4n) is 3.65. The highest BCUT2D eigenvalue weighted by Crippen LogP contribution is 2.33. The van der Waals surface area contributed by atoms with Crippen LogP contribution in [0.1, 0.15) is 26.3 Å². The number of hydrogen-bond acceptors (Lipinski definition) is 5. The summed E-state index contributed by atoms with van der Waals surface area (Å²) in [6.45, 7) is 7.16. The van der Waals surface area contributed by atoms with Crippen LogP contribution in [0.25, 0.3) is 11.6 Å². The first-order valence-electron chi connectivity index (χ1n) is 9.54. The highest BCUT2D eigenvalue weighted by Gasteiger charge is 2.30. The summed E-state index contributed by atoms with van der Waals surface area (Å²) in [5.41, 5.74) is 2.26. The lowest BCUT2D eigenvalue weighted by atomic mass is 10.1. The Labute approximate surface area is 168 Å². The lowest BCUT2D eigenvalue weighted by Crippen LogP contribution is -2.37. The van der Waals surface area contributed by atoms with Crippen molar-refractivity contribution in [2.45, 2.75) is 44.9 Å². The summed E-state index contributed by atoms with van der Waals surface area (Å²) in [5, 5.41) is 9.39. The molecule has 2 aromatic heterocycles. The molecule has 28 heavy (non-hydrogen) atoms. The van der Waals surface area contributed by atoms with E-state index >= 15 is 0 Å². The van der Waals surface area contributed by atoms with E-state index in [2.05, 4.69) is 37.0 Å². The van der Waals surface area contributed by atoms with Crippen molar-refractivity contribution < 1.29 is 9.21 Å². The number of thioether (sulfide) groups is 1. The zero-order valence-electron chi connectivity index (χ0n) is 16.3. The van der Waals surface area contributed by atoms with Crippen LogP contribution in [0.15, 0.2) is 52.2 Å². The number of fused-ring (bicyclic) bond motifs is 1. The third kappa shape index (κ3) is 3.58. The Morgan fingerprint density at radius 1 is 1.25 bits per heavy atom. The molecule has 1 amide bonds. The number of amides is 1. The van der Waals surface area contributed by atoms with E-state index < -0.39 is 0 Å². The zero-order chi connectivity index (χ0) is 19.7. The van der Waals surface area contributed by atoms with Crippen LogP contribution < -0.4 is 4.90 Å². The second-order valence-electron chi connectivity index (χ2n) is 7.52. The van der Waals surface area contributed by atoms with Crippen molar-refractivity contribution in [3.63, 3.8) is 0 Å². The molecular formula is C21H24N4O2S. The molecule has 1 aliphatic rings. The van der Waals surface area contributed by atoms with Crippen molar-refractivity contribution in [1.82, 2.24) is 14.8 Å². The third-order valence-electron chi connectivity index (χ3n) is 4.81. The van der Waals surface area contributed by atoms with Crippen LogP contribution in [0.4, 0.5) is 5.69 Å². The molecule has 1 atom stereocenters. The third-order valence-corrected chi connectivity index (χ3v) is 5.76. The van der Waals surface area contributed by atoms with Gasteiger partial charge in [-0.1, -0.05) is 43.8 Å². The van der Waals surface area contributed by atoms with Gasteiger partial charge in [-0.25, -0.2) is 0 Å². The number of anilines is 1. The molecule has 0 saturated heterocycles. The fourth-order valence-corrected chi connectivity index (χ4v) is 4.46. The van der Waals surface area contributed by atoms with Crippen molar-refractivity contribution in [2.75, 3.05) is 10.7 Å². The molecule has 0 fully saturated rings. The van der Waals surface area contributed by atoms with E-state index in [0.717, 1.165) is 23.8 Å². The summed E-state index contributed by atoms with van der Waals surface area (Å²) in [6.07, 6.45) is 2.53. The van der Waals surface area contributed by atoms with Crippen LogP contribution >= 0.6 is 11.8 Å². The molecule has 1 unspecified atom stereocenters. The maximum absolute atomic E-state index is 13.0. The van der Waals surface area contributed by atoms with Gasteiger partial charge in [0.2, 0.25) is 5.91 Å².